The molecule has 4 rings (SSSR count). The quantitative estimate of drug-likeness (QED) is 0.444. The molecule has 8 nitrogen and oxygen atoms in total. The number of hydrogen-bond acceptors (Lipinski definition) is 6. The van der Waals surface area contributed by atoms with Gasteiger partial charge in [0.05, 0.1) is 17.9 Å². The van der Waals surface area contributed by atoms with Crippen molar-refractivity contribution in [3.8, 4) is 22.5 Å². The van der Waals surface area contributed by atoms with Gasteiger partial charge in [0.25, 0.3) is 5.91 Å². The highest BCUT2D eigenvalue weighted by atomic mass is 19.1. The van der Waals surface area contributed by atoms with Crippen LogP contribution in [0.2, 0.25) is 0 Å². The Hall–Kier alpha value is -3.85. The predicted molar refractivity (Wildman–Crippen MR) is 122 cm³/mol. The number of hydrogen-bond donors (Lipinski definition) is 1. The fourth-order valence-electron chi connectivity index (χ4n) is 3.60. The Kier molecular flexibility index (Phi) is 6.60. The van der Waals surface area contributed by atoms with Gasteiger partial charge < -0.3 is 14.7 Å². The number of carbonyl (C=O) groups excluding carboxylic acids is 1. The van der Waals surface area contributed by atoms with Crippen LogP contribution in [0.3, 0.4) is 0 Å². The van der Waals surface area contributed by atoms with Crippen molar-refractivity contribution in [3.63, 3.8) is 0 Å². The van der Waals surface area contributed by atoms with Gasteiger partial charge in [-0.1, -0.05) is 17.3 Å². The molecule has 0 saturated heterocycles. The lowest BCUT2D eigenvalue weighted by atomic mass is 10.1. The third-order valence-corrected chi connectivity index (χ3v) is 5.13. The zero-order valence-electron chi connectivity index (χ0n) is 18.7. The first-order valence-electron chi connectivity index (χ1n) is 10.5. The first-order chi connectivity index (χ1) is 15.9. The Bertz CT molecular complexity index is 1250. The molecule has 1 aromatic carbocycles. The lowest BCUT2D eigenvalue weighted by Gasteiger charge is -2.12. The minimum absolute atomic E-state index is 0.289. The molecule has 4 aromatic rings. The molecule has 1 N–H and O–H groups in total. The van der Waals surface area contributed by atoms with E-state index in [1.54, 1.807) is 48.3 Å². The highest BCUT2D eigenvalue weighted by Crippen LogP contribution is 2.25. The van der Waals surface area contributed by atoms with E-state index in [1.165, 1.54) is 6.07 Å². The molecule has 0 saturated carbocycles. The normalized spacial score (nSPS) is 11.2. The van der Waals surface area contributed by atoms with Crippen LogP contribution in [0.15, 0.2) is 59.4 Å². The van der Waals surface area contributed by atoms with E-state index in [1.807, 2.05) is 31.1 Å². The zero-order chi connectivity index (χ0) is 23.4. The number of rotatable bonds is 8. The monoisotopic (exact) mass is 448 g/mol. The van der Waals surface area contributed by atoms with Crippen LogP contribution in [-0.4, -0.2) is 51.4 Å². The molecule has 0 unspecified atom stereocenters. The molecule has 1 amide bonds. The molecule has 0 spiro atoms. The van der Waals surface area contributed by atoms with Gasteiger partial charge in [-0.15, -0.1) is 0 Å². The highest BCUT2D eigenvalue weighted by Gasteiger charge is 2.21. The molecule has 3 aromatic heterocycles. The van der Waals surface area contributed by atoms with Crippen LogP contribution in [0.25, 0.3) is 22.5 Å². The van der Waals surface area contributed by atoms with Gasteiger partial charge in [0.15, 0.2) is 0 Å². The van der Waals surface area contributed by atoms with Gasteiger partial charge in [-0.3, -0.25) is 14.5 Å². The summed E-state index contributed by atoms with van der Waals surface area (Å²) >= 11 is 0. The Balaban J connectivity index is 1.50. The average molecular weight is 449 g/mol. The second kappa shape index (κ2) is 9.74. The first kappa shape index (κ1) is 22.3. The Morgan fingerprint density at radius 3 is 2.76 bits per heavy atom. The van der Waals surface area contributed by atoms with Crippen molar-refractivity contribution < 1.29 is 13.7 Å². The standard InChI is InChI=1S/C24H25FN6O2/c1-16-22(23(29-33-16)17-7-6-10-26-14-17)24(32)27-11-12-31-18(15-30(2)3)13-21(28-31)19-8-4-5-9-20(19)25/h4-10,13-14H,11-12,15H2,1-3H3,(H,27,32). The van der Waals surface area contributed by atoms with E-state index in [-0.39, 0.29) is 11.7 Å². The molecule has 0 bridgehead atoms. The van der Waals surface area contributed by atoms with Gasteiger partial charge >= 0.3 is 0 Å². The van der Waals surface area contributed by atoms with Crippen molar-refractivity contribution in [1.82, 2.24) is 30.1 Å². The number of nitrogens with zero attached hydrogens (tertiary/aromatic N) is 5. The number of aryl methyl sites for hydroxylation is 1. The van der Waals surface area contributed by atoms with Gasteiger partial charge in [-0.05, 0) is 51.4 Å². The van der Waals surface area contributed by atoms with E-state index < -0.39 is 0 Å². The maximum absolute atomic E-state index is 14.3. The number of nitrogens with one attached hydrogen (secondary N) is 1. The van der Waals surface area contributed by atoms with E-state index in [0.29, 0.717) is 53.5 Å². The summed E-state index contributed by atoms with van der Waals surface area (Å²) in [5.41, 5.74) is 3.46. The van der Waals surface area contributed by atoms with E-state index in [9.17, 15) is 9.18 Å². The third kappa shape index (κ3) is 4.98. The Morgan fingerprint density at radius 2 is 2.03 bits per heavy atom. The second-order valence-corrected chi connectivity index (χ2v) is 7.92. The third-order valence-electron chi connectivity index (χ3n) is 5.13. The number of pyridine rings is 1. The predicted octanol–water partition coefficient (Wildman–Crippen LogP) is 3.54. The summed E-state index contributed by atoms with van der Waals surface area (Å²) in [5.74, 6) is -0.179. The molecule has 0 atom stereocenters. The molecular weight excluding hydrogens is 423 g/mol. The van der Waals surface area contributed by atoms with Crippen molar-refractivity contribution in [2.75, 3.05) is 20.6 Å². The largest absolute Gasteiger partial charge is 0.360 e. The summed E-state index contributed by atoms with van der Waals surface area (Å²) in [5, 5.41) is 11.5. The second-order valence-electron chi connectivity index (χ2n) is 7.92. The summed E-state index contributed by atoms with van der Waals surface area (Å²) in [4.78, 5) is 19.0. The number of amides is 1. The summed E-state index contributed by atoms with van der Waals surface area (Å²) in [6.45, 7) is 3.08. The number of carbonyl (C=O) groups is 1. The van der Waals surface area contributed by atoms with Gasteiger partial charge in [0.1, 0.15) is 22.8 Å². The van der Waals surface area contributed by atoms with Crippen LogP contribution in [0, 0.1) is 12.7 Å². The van der Waals surface area contributed by atoms with Gasteiger partial charge in [-0.2, -0.15) is 5.10 Å². The molecule has 9 heteroatoms. The maximum atomic E-state index is 14.3. The number of benzene rings is 1. The molecule has 0 aliphatic carbocycles. The molecule has 0 radical (unpaired) electrons. The summed E-state index contributed by atoms with van der Waals surface area (Å²) in [6, 6.07) is 12.0. The molecule has 3 heterocycles. The fourth-order valence-corrected chi connectivity index (χ4v) is 3.60. The van der Waals surface area contributed by atoms with Crippen LogP contribution in [0.4, 0.5) is 4.39 Å². The highest BCUT2D eigenvalue weighted by molar-refractivity contribution is 6.00. The Labute approximate surface area is 191 Å². The van der Waals surface area contributed by atoms with E-state index in [4.69, 9.17) is 4.52 Å². The van der Waals surface area contributed by atoms with E-state index in [0.717, 1.165) is 5.69 Å². The topological polar surface area (TPSA) is 89.1 Å². The average Bonchev–Trinajstić information content (AvgIpc) is 3.37. The maximum Gasteiger partial charge on any atom is 0.257 e. The SMILES string of the molecule is Cc1onc(-c2cccnc2)c1C(=O)NCCn1nc(-c2ccccc2F)cc1CN(C)C. The Morgan fingerprint density at radius 1 is 1.21 bits per heavy atom. The lowest BCUT2D eigenvalue weighted by Crippen LogP contribution is -2.29. The van der Waals surface area contributed by atoms with Crippen molar-refractivity contribution in [2.45, 2.75) is 20.0 Å². The molecular formula is C24H25FN6O2. The van der Waals surface area contributed by atoms with E-state index >= 15 is 0 Å². The fraction of sp³-hybridized carbons (Fsp3) is 0.250. The molecule has 0 aliphatic rings. The van der Waals surface area contributed by atoms with Crippen LogP contribution < -0.4 is 5.32 Å². The molecule has 0 fully saturated rings. The number of aromatic nitrogens is 4. The van der Waals surface area contributed by atoms with Crippen molar-refractivity contribution >= 4 is 5.91 Å². The van der Waals surface area contributed by atoms with Crippen LogP contribution in [-0.2, 0) is 13.1 Å². The van der Waals surface area contributed by atoms with Gasteiger partial charge in [0.2, 0.25) is 0 Å². The molecule has 170 valence electrons. The molecule has 0 aliphatic heterocycles. The van der Waals surface area contributed by atoms with Crippen LogP contribution in [0.1, 0.15) is 21.8 Å². The van der Waals surface area contributed by atoms with Crippen molar-refractivity contribution in [2.24, 2.45) is 0 Å². The summed E-state index contributed by atoms with van der Waals surface area (Å²) in [6.07, 6.45) is 3.29. The zero-order valence-corrected chi connectivity index (χ0v) is 18.7. The van der Waals surface area contributed by atoms with Crippen molar-refractivity contribution in [3.05, 3.63) is 77.7 Å². The number of halogens is 1. The van der Waals surface area contributed by atoms with E-state index in [2.05, 4.69) is 20.6 Å². The minimum atomic E-state index is -0.322. The van der Waals surface area contributed by atoms with Gasteiger partial charge in [-0.25, -0.2) is 4.39 Å². The summed E-state index contributed by atoms with van der Waals surface area (Å²) < 4.78 is 21.3. The lowest BCUT2D eigenvalue weighted by molar-refractivity contribution is 0.0950. The van der Waals surface area contributed by atoms with Crippen molar-refractivity contribution in [1.29, 1.82) is 0 Å². The summed E-state index contributed by atoms with van der Waals surface area (Å²) in [7, 11) is 3.91. The molecule has 33 heavy (non-hydrogen) atoms. The smallest absolute Gasteiger partial charge is 0.257 e. The first-order valence-corrected chi connectivity index (χ1v) is 10.5. The minimum Gasteiger partial charge on any atom is -0.360 e. The van der Waals surface area contributed by atoms with Gasteiger partial charge in [0, 0.05) is 36.6 Å². The van der Waals surface area contributed by atoms with Crippen LogP contribution in [0.5, 0.6) is 0 Å². The van der Waals surface area contributed by atoms with Crippen LogP contribution >= 0.6 is 0 Å².